The zero-order valence-electron chi connectivity index (χ0n) is 7.73. The Labute approximate surface area is 68.0 Å². The number of carbonyl (C=O) groups excluding carboxylic acids is 1. The summed E-state index contributed by atoms with van der Waals surface area (Å²) >= 11 is 0. The van der Waals surface area contributed by atoms with Gasteiger partial charge in [-0.25, -0.2) is 4.79 Å². The lowest BCUT2D eigenvalue weighted by molar-refractivity contribution is -0.138. The normalized spacial score (nSPS) is 8.00. The van der Waals surface area contributed by atoms with E-state index in [-0.39, 0.29) is 12.1 Å². The first-order valence-corrected chi connectivity index (χ1v) is 3.40. The highest BCUT2D eigenvalue weighted by Gasteiger charge is 2.04. The first kappa shape index (κ1) is 12.8. The van der Waals surface area contributed by atoms with E-state index in [4.69, 9.17) is 4.74 Å². The molecule has 3 nitrogen and oxygen atoms in total. The maximum absolute atomic E-state index is 10.9. The number of carbonyl (C=O) groups is 1. The van der Waals surface area contributed by atoms with Crippen molar-refractivity contribution in [3.05, 3.63) is 11.1 Å². The zero-order chi connectivity index (χ0) is 8.15. The SMILES string of the molecule is CCOC(=O)C(C)=C(C)C.N. The topological polar surface area (TPSA) is 61.3 Å². The second kappa shape index (κ2) is 5.92. The van der Waals surface area contributed by atoms with Crippen molar-refractivity contribution >= 4 is 5.97 Å². The average molecular weight is 159 g/mol. The molecule has 0 saturated carbocycles. The molecule has 3 N–H and O–H groups in total. The summed E-state index contributed by atoms with van der Waals surface area (Å²) in [5, 5.41) is 0. The van der Waals surface area contributed by atoms with E-state index in [0.29, 0.717) is 12.2 Å². The second-order valence-corrected chi connectivity index (χ2v) is 2.35. The van der Waals surface area contributed by atoms with Crippen LogP contribution in [0.1, 0.15) is 27.7 Å². The largest absolute Gasteiger partial charge is 0.463 e. The summed E-state index contributed by atoms with van der Waals surface area (Å²) in [6, 6.07) is 0. The molecule has 0 aliphatic carbocycles. The van der Waals surface area contributed by atoms with E-state index >= 15 is 0 Å². The molecule has 0 atom stereocenters. The summed E-state index contributed by atoms with van der Waals surface area (Å²) in [4.78, 5) is 10.9. The maximum atomic E-state index is 10.9. The fourth-order valence-corrected chi connectivity index (χ4v) is 0.443. The van der Waals surface area contributed by atoms with Crippen LogP contribution < -0.4 is 6.15 Å². The number of hydrogen-bond donors (Lipinski definition) is 1. The van der Waals surface area contributed by atoms with Crippen LogP contribution in [0.2, 0.25) is 0 Å². The molecular formula is C8H17NO2. The minimum Gasteiger partial charge on any atom is -0.463 e. The van der Waals surface area contributed by atoms with Gasteiger partial charge in [0, 0.05) is 5.57 Å². The standard InChI is InChI=1S/C8H14O2.H3N/c1-5-10-8(9)7(4)6(2)3;/h5H2,1-4H3;1H3. The first-order chi connectivity index (χ1) is 4.59. The molecule has 0 saturated heterocycles. The van der Waals surface area contributed by atoms with Crippen molar-refractivity contribution in [3.63, 3.8) is 0 Å². The van der Waals surface area contributed by atoms with Crippen molar-refractivity contribution in [1.29, 1.82) is 0 Å². The molecule has 0 aliphatic rings. The Morgan fingerprint density at radius 1 is 1.27 bits per heavy atom. The van der Waals surface area contributed by atoms with Gasteiger partial charge in [0.15, 0.2) is 0 Å². The highest BCUT2D eigenvalue weighted by atomic mass is 16.5. The summed E-state index contributed by atoms with van der Waals surface area (Å²) in [5.74, 6) is -0.206. The average Bonchev–Trinajstić information content (AvgIpc) is 1.87. The molecule has 0 bridgehead atoms. The summed E-state index contributed by atoms with van der Waals surface area (Å²) in [5.41, 5.74) is 1.72. The fraction of sp³-hybridized carbons (Fsp3) is 0.625. The van der Waals surface area contributed by atoms with Crippen LogP contribution in [-0.4, -0.2) is 12.6 Å². The predicted molar refractivity (Wildman–Crippen MR) is 45.7 cm³/mol. The summed E-state index contributed by atoms with van der Waals surface area (Å²) in [6.45, 7) is 7.81. The Morgan fingerprint density at radius 2 is 1.73 bits per heavy atom. The van der Waals surface area contributed by atoms with E-state index in [1.807, 2.05) is 13.8 Å². The molecule has 0 fully saturated rings. The van der Waals surface area contributed by atoms with Crippen molar-refractivity contribution in [2.75, 3.05) is 6.61 Å². The van der Waals surface area contributed by atoms with E-state index in [9.17, 15) is 4.79 Å². The molecule has 0 aromatic heterocycles. The van der Waals surface area contributed by atoms with Gasteiger partial charge in [-0.1, -0.05) is 5.57 Å². The van der Waals surface area contributed by atoms with Crippen molar-refractivity contribution in [2.24, 2.45) is 0 Å². The summed E-state index contributed by atoms with van der Waals surface area (Å²) in [7, 11) is 0. The quantitative estimate of drug-likeness (QED) is 0.495. The van der Waals surface area contributed by atoms with E-state index in [1.165, 1.54) is 0 Å². The molecule has 0 amide bonds. The lowest BCUT2D eigenvalue weighted by atomic mass is 10.2. The number of hydrogen-bond acceptors (Lipinski definition) is 3. The predicted octanol–water partition coefficient (Wildman–Crippen LogP) is 2.07. The molecule has 0 aromatic rings. The first-order valence-electron chi connectivity index (χ1n) is 3.40. The van der Waals surface area contributed by atoms with Gasteiger partial charge in [-0.05, 0) is 27.7 Å². The molecule has 0 spiro atoms. The van der Waals surface area contributed by atoms with Gasteiger partial charge in [0.1, 0.15) is 0 Å². The lowest BCUT2D eigenvalue weighted by Crippen LogP contribution is -2.05. The smallest absolute Gasteiger partial charge is 0.333 e. The van der Waals surface area contributed by atoms with Gasteiger partial charge in [-0.2, -0.15) is 0 Å². The Balaban J connectivity index is 0. The second-order valence-electron chi connectivity index (χ2n) is 2.35. The van der Waals surface area contributed by atoms with Gasteiger partial charge in [-0.3, -0.25) is 0 Å². The Kier molecular flexibility index (Phi) is 6.89. The molecule has 3 heteroatoms. The third kappa shape index (κ3) is 4.56. The highest BCUT2D eigenvalue weighted by Crippen LogP contribution is 2.03. The van der Waals surface area contributed by atoms with Gasteiger partial charge in [0.2, 0.25) is 0 Å². The molecule has 11 heavy (non-hydrogen) atoms. The third-order valence-corrected chi connectivity index (χ3v) is 1.33. The van der Waals surface area contributed by atoms with Crippen LogP contribution in [0.5, 0.6) is 0 Å². The monoisotopic (exact) mass is 159 g/mol. The molecule has 0 aliphatic heterocycles. The lowest BCUT2D eigenvalue weighted by Gasteiger charge is -2.01. The number of rotatable bonds is 2. The molecule has 0 radical (unpaired) electrons. The van der Waals surface area contributed by atoms with Gasteiger partial charge in [0.25, 0.3) is 0 Å². The number of esters is 1. The van der Waals surface area contributed by atoms with Crippen LogP contribution in [0.4, 0.5) is 0 Å². The minimum atomic E-state index is -0.206. The highest BCUT2D eigenvalue weighted by molar-refractivity contribution is 5.88. The van der Waals surface area contributed by atoms with Crippen LogP contribution in [0.3, 0.4) is 0 Å². The van der Waals surface area contributed by atoms with Crippen LogP contribution in [0.15, 0.2) is 11.1 Å². The molecule has 0 heterocycles. The van der Waals surface area contributed by atoms with Gasteiger partial charge in [-0.15, -0.1) is 0 Å². The maximum Gasteiger partial charge on any atom is 0.333 e. The zero-order valence-corrected chi connectivity index (χ0v) is 7.73. The van der Waals surface area contributed by atoms with E-state index in [0.717, 1.165) is 5.57 Å². The van der Waals surface area contributed by atoms with Crippen LogP contribution in [0.25, 0.3) is 0 Å². The molecule has 0 unspecified atom stereocenters. The summed E-state index contributed by atoms with van der Waals surface area (Å²) < 4.78 is 4.77. The Bertz CT molecular complexity index is 157. The number of ether oxygens (including phenoxy) is 1. The minimum absolute atomic E-state index is 0. The van der Waals surface area contributed by atoms with Gasteiger partial charge < -0.3 is 10.9 Å². The Hall–Kier alpha value is -0.830. The van der Waals surface area contributed by atoms with E-state index in [2.05, 4.69) is 0 Å². The van der Waals surface area contributed by atoms with Crippen molar-refractivity contribution in [2.45, 2.75) is 27.7 Å². The van der Waals surface area contributed by atoms with Crippen molar-refractivity contribution < 1.29 is 9.53 Å². The van der Waals surface area contributed by atoms with Crippen molar-refractivity contribution in [3.8, 4) is 0 Å². The van der Waals surface area contributed by atoms with Gasteiger partial charge >= 0.3 is 5.97 Å². The molecule has 66 valence electrons. The van der Waals surface area contributed by atoms with Gasteiger partial charge in [0.05, 0.1) is 6.61 Å². The Morgan fingerprint density at radius 3 is 2.00 bits per heavy atom. The van der Waals surface area contributed by atoms with Crippen LogP contribution in [0, 0.1) is 0 Å². The summed E-state index contributed by atoms with van der Waals surface area (Å²) in [6.07, 6.45) is 0. The molecule has 0 aromatic carbocycles. The molecule has 0 rings (SSSR count). The van der Waals surface area contributed by atoms with E-state index < -0.39 is 0 Å². The fourth-order valence-electron chi connectivity index (χ4n) is 0.443. The van der Waals surface area contributed by atoms with Crippen LogP contribution >= 0.6 is 0 Å². The van der Waals surface area contributed by atoms with Crippen molar-refractivity contribution in [1.82, 2.24) is 6.15 Å². The van der Waals surface area contributed by atoms with Crippen LogP contribution in [-0.2, 0) is 9.53 Å². The van der Waals surface area contributed by atoms with E-state index in [1.54, 1.807) is 13.8 Å². The number of allylic oxidation sites excluding steroid dienone is 1. The molecular weight excluding hydrogens is 142 g/mol. The third-order valence-electron chi connectivity index (χ3n) is 1.33.